The van der Waals surface area contributed by atoms with E-state index in [1.54, 1.807) is 0 Å². The smallest absolute Gasteiger partial charge is 0.161 e. The van der Waals surface area contributed by atoms with Crippen LogP contribution in [0.25, 0.3) is 66.3 Å². The summed E-state index contributed by atoms with van der Waals surface area (Å²) < 4.78 is 6.17. The average Bonchev–Trinajstić information content (AvgIpc) is 3.27. The highest BCUT2D eigenvalue weighted by Crippen LogP contribution is 2.39. The van der Waals surface area contributed by atoms with Gasteiger partial charge in [0.15, 0.2) is 5.82 Å². The van der Waals surface area contributed by atoms with Gasteiger partial charge in [-0.15, -0.1) is 0 Å². The van der Waals surface area contributed by atoms with Crippen LogP contribution >= 0.6 is 0 Å². The molecule has 2 heterocycles. The first-order valence-corrected chi connectivity index (χ1v) is 11.0. The number of rotatable bonds is 2. The van der Waals surface area contributed by atoms with Crippen molar-refractivity contribution < 1.29 is 4.42 Å². The summed E-state index contributed by atoms with van der Waals surface area (Å²) in [6.07, 6.45) is 0. The molecule has 0 amide bonds. The Balaban J connectivity index is 1.62. The molecular formula is C30H18N2O. The summed E-state index contributed by atoms with van der Waals surface area (Å²) in [6, 6.07) is 37.2. The molecule has 0 saturated heterocycles. The summed E-state index contributed by atoms with van der Waals surface area (Å²) in [6.45, 7) is 0. The van der Waals surface area contributed by atoms with Crippen LogP contribution in [0.4, 0.5) is 0 Å². The second-order valence-corrected chi connectivity index (χ2v) is 8.22. The van der Waals surface area contributed by atoms with E-state index < -0.39 is 0 Å². The van der Waals surface area contributed by atoms with Crippen LogP contribution in [0.15, 0.2) is 114 Å². The van der Waals surface area contributed by atoms with Crippen LogP contribution in [0.2, 0.25) is 0 Å². The maximum Gasteiger partial charge on any atom is 0.161 e. The molecule has 0 spiro atoms. The molecule has 3 heteroatoms. The third-order valence-corrected chi connectivity index (χ3v) is 6.28. The molecule has 0 N–H and O–H groups in total. The number of nitrogens with zero attached hydrogens (tertiary/aromatic N) is 2. The first-order valence-electron chi connectivity index (χ1n) is 11.0. The molecule has 0 atom stereocenters. The Bertz CT molecular complexity index is 1820. The van der Waals surface area contributed by atoms with Crippen molar-refractivity contribution in [2.24, 2.45) is 0 Å². The first kappa shape index (κ1) is 18.1. The summed E-state index contributed by atoms with van der Waals surface area (Å²) in [4.78, 5) is 10.1. The van der Waals surface area contributed by atoms with Gasteiger partial charge in [-0.1, -0.05) is 91.0 Å². The van der Waals surface area contributed by atoms with E-state index in [4.69, 9.17) is 14.4 Å². The van der Waals surface area contributed by atoms with Crippen molar-refractivity contribution in [1.82, 2.24) is 9.97 Å². The molecule has 3 nitrogen and oxygen atoms in total. The van der Waals surface area contributed by atoms with E-state index in [0.29, 0.717) is 0 Å². The third kappa shape index (κ3) is 2.76. The molecule has 0 saturated carbocycles. The van der Waals surface area contributed by atoms with Gasteiger partial charge in [0.1, 0.15) is 11.2 Å². The summed E-state index contributed by atoms with van der Waals surface area (Å²) in [5, 5.41) is 5.52. The predicted octanol–water partition coefficient (Wildman–Crippen LogP) is 8.02. The Morgan fingerprint density at radius 1 is 0.515 bits per heavy atom. The zero-order valence-electron chi connectivity index (χ0n) is 17.7. The normalized spacial score (nSPS) is 11.6. The lowest BCUT2D eigenvalue weighted by Crippen LogP contribution is -1.96. The number of benzene rings is 5. The van der Waals surface area contributed by atoms with Crippen molar-refractivity contribution >= 4 is 43.6 Å². The number of hydrogen-bond donors (Lipinski definition) is 0. The van der Waals surface area contributed by atoms with Crippen LogP contribution in [0.5, 0.6) is 0 Å². The van der Waals surface area contributed by atoms with Gasteiger partial charge < -0.3 is 4.42 Å². The Morgan fingerprint density at radius 2 is 1.30 bits per heavy atom. The average molecular weight is 422 g/mol. The fourth-order valence-electron chi connectivity index (χ4n) is 4.79. The molecule has 0 aliphatic carbocycles. The van der Waals surface area contributed by atoms with E-state index in [-0.39, 0.29) is 0 Å². The van der Waals surface area contributed by atoms with Crippen LogP contribution < -0.4 is 0 Å². The van der Waals surface area contributed by atoms with Crippen molar-refractivity contribution in [3.05, 3.63) is 109 Å². The summed E-state index contributed by atoms with van der Waals surface area (Å²) in [5.41, 5.74) is 5.73. The first-order chi connectivity index (χ1) is 16.4. The Kier molecular flexibility index (Phi) is 3.84. The van der Waals surface area contributed by atoms with Crippen molar-refractivity contribution in [3.63, 3.8) is 0 Å². The van der Waals surface area contributed by atoms with Gasteiger partial charge in [-0.05, 0) is 23.6 Å². The maximum absolute atomic E-state index is 6.17. The summed E-state index contributed by atoms with van der Waals surface area (Å²) in [5.74, 6) is 0.718. The van der Waals surface area contributed by atoms with E-state index in [1.165, 1.54) is 0 Å². The van der Waals surface area contributed by atoms with Gasteiger partial charge in [-0.25, -0.2) is 9.97 Å². The number of aromatic nitrogens is 2. The number of para-hydroxylation sites is 2. The molecule has 0 unspecified atom stereocenters. The molecule has 154 valence electrons. The van der Waals surface area contributed by atoms with Crippen molar-refractivity contribution in [1.29, 1.82) is 0 Å². The van der Waals surface area contributed by atoms with E-state index in [1.807, 2.05) is 42.5 Å². The van der Waals surface area contributed by atoms with Crippen LogP contribution in [-0.4, -0.2) is 9.97 Å². The monoisotopic (exact) mass is 422 g/mol. The van der Waals surface area contributed by atoms with E-state index >= 15 is 0 Å². The SMILES string of the molecule is c1ccc(-c2nc(-c3cccc4ccc5oc6ccccc6c5c34)nc3ccccc23)cc1. The highest BCUT2D eigenvalue weighted by molar-refractivity contribution is 6.22. The van der Waals surface area contributed by atoms with Crippen molar-refractivity contribution in [3.8, 4) is 22.6 Å². The summed E-state index contributed by atoms with van der Waals surface area (Å²) >= 11 is 0. The number of hydrogen-bond acceptors (Lipinski definition) is 3. The molecule has 0 aliphatic rings. The molecule has 0 aliphatic heterocycles. The van der Waals surface area contributed by atoms with Gasteiger partial charge in [0.05, 0.1) is 11.2 Å². The van der Waals surface area contributed by atoms with Gasteiger partial charge in [-0.3, -0.25) is 0 Å². The zero-order chi connectivity index (χ0) is 21.8. The van der Waals surface area contributed by atoms with Gasteiger partial charge in [-0.2, -0.15) is 0 Å². The lowest BCUT2D eigenvalue weighted by atomic mass is 9.98. The minimum absolute atomic E-state index is 0.718. The minimum Gasteiger partial charge on any atom is -0.456 e. The van der Waals surface area contributed by atoms with Crippen molar-refractivity contribution in [2.75, 3.05) is 0 Å². The van der Waals surface area contributed by atoms with Gasteiger partial charge in [0.2, 0.25) is 0 Å². The second kappa shape index (κ2) is 7.01. The topological polar surface area (TPSA) is 38.9 Å². The predicted molar refractivity (Wildman–Crippen MR) is 135 cm³/mol. The van der Waals surface area contributed by atoms with E-state index in [2.05, 4.69) is 66.7 Å². The molecule has 0 radical (unpaired) electrons. The lowest BCUT2D eigenvalue weighted by Gasteiger charge is -2.11. The van der Waals surface area contributed by atoms with Crippen LogP contribution in [0, 0.1) is 0 Å². The highest BCUT2D eigenvalue weighted by Gasteiger charge is 2.17. The number of furan rings is 1. The van der Waals surface area contributed by atoms with Gasteiger partial charge in [0.25, 0.3) is 0 Å². The van der Waals surface area contributed by atoms with Crippen LogP contribution in [0.1, 0.15) is 0 Å². The summed E-state index contributed by atoms with van der Waals surface area (Å²) in [7, 11) is 0. The molecule has 5 aromatic carbocycles. The Hall–Kier alpha value is -4.50. The molecule has 0 fully saturated rings. The lowest BCUT2D eigenvalue weighted by molar-refractivity contribution is 0.669. The number of fused-ring (bicyclic) bond motifs is 6. The van der Waals surface area contributed by atoms with Crippen LogP contribution in [0.3, 0.4) is 0 Å². The molecule has 0 bridgehead atoms. The fraction of sp³-hybridized carbons (Fsp3) is 0. The highest BCUT2D eigenvalue weighted by atomic mass is 16.3. The third-order valence-electron chi connectivity index (χ3n) is 6.28. The minimum atomic E-state index is 0.718. The molecule has 33 heavy (non-hydrogen) atoms. The Morgan fingerprint density at radius 3 is 2.21 bits per heavy atom. The maximum atomic E-state index is 6.17. The standard InChI is InChI=1S/C30H18N2O/c1-2-9-20(10-3-1)29-21-12-4-6-15-24(21)31-30(32-29)23-14-8-11-19-17-18-26-28(27(19)23)22-13-5-7-16-25(22)33-26/h1-18H. The second-order valence-electron chi connectivity index (χ2n) is 8.22. The largest absolute Gasteiger partial charge is 0.456 e. The Labute approximate surface area is 190 Å². The zero-order valence-corrected chi connectivity index (χ0v) is 17.7. The van der Waals surface area contributed by atoms with Crippen molar-refractivity contribution in [2.45, 2.75) is 0 Å². The molecule has 2 aromatic heterocycles. The van der Waals surface area contributed by atoms with Crippen LogP contribution in [-0.2, 0) is 0 Å². The van der Waals surface area contributed by atoms with Gasteiger partial charge in [0, 0.05) is 32.7 Å². The quantitative estimate of drug-likeness (QED) is 0.283. The van der Waals surface area contributed by atoms with E-state index in [0.717, 1.165) is 66.3 Å². The molecule has 7 aromatic rings. The molecule has 7 rings (SSSR count). The molecular weight excluding hydrogens is 404 g/mol. The fourth-order valence-corrected chi connectivity index (χ4v) is 4.79. The van der Waals surface area contributed by atoms with E-state index in [9.17, 15) is 0 Å². The van der Waals surface area contributed by atoms with Gasteiger partial charge >= 0.3 is 0 Å².